The lowest BCUT2D eigenvalue weighted by molar-refractivity contribution is -0.132. The lowest BCUT2D eigenvalue weighted by Crippen LogP contribution is -1.96. The van der Waals surface area contributed by atoms with Gasteiger partial charge in [0.05, 0.1) is 0 Å². The number of carboxylic acids is 1. The highest BCUT2D eigenvalue weighted by Crippen LogP contribution is 2.22. The van der Waals surface area contributed by atoms with Crippen molar-refractivity contribution in [1.82, 2.24) is 0 Å². The van der Waals surface area contributed by atoms with Crippen LogP contribution in [0.25, 0.3) is 0 Å². The number of ether oxygens (including phenoxy) is 1. The highest BCUT2D eigenvalue weighted by Gasteiger charge is 2.01. The lowest BCUT2D eigenvalue weighted by atomic mass is 10.1. The van der Waals surface area contributed by atoms with Gasteiger partial charge in [-0.3, -0.25) is 0 Å². The summed E-state index contributed by atoms with van der Waals surface area (Å²) in [6.45, 7) is 1.59. The summed E-state index contributed by atoms with van der Waals surface area (Å²) in [6, 6.07) is 17.2. The zero-order valence-electron chi connectivity index (χ0n) is 11.2. The van der Waals surface area contributed by atoms with E-state index in [-0.39, 0.29) is 0 Å². The van der Waals surface area contributed by atoms with Crippen LogP contribution in [0.5, 0.6) is 11.5 Å². The second-order valence-electron chi connectivity index (χ2n) is 4.46. The van der Waals surface area contributed by atoms with Crippen LogP contribution in [0.2, 0.25) is 0 Å². The van der Waals surface area contributed by atoms with Crippen molar-refractivity contribution >= 4 is 5.97 Å². The second-order valence-corrected chi connectivity index (χ2v) is 4.46. The molecule has 0 fully saturated rings. The van der Waals surface area contributed by atoms with E-state index in [9.17, 15) is 4.79 Å². The average Bonchev–Trinajstić information content (AvgIpc) is 2.46. The molecule has 0 spiro atoms. The van der Waals surface area contributed by atoms with Gasteiger partial charge in [0.25, 0.3) is 0 Å². The van der Waals surface area contributed by atoms with Gasteiger partial charge in [-0.15, -0.1) is 0 Å². The summed E-state index contributed by atoms with van der Waals surface area (Å²) >= 11 is 0. The molecule has 0 aliphatic carbocycles. The van der Waals surface area contributed by atoms with Crippen molar-refractivity contribution in [3.63, 3.8) is 0 Å². The Kier molecular flexibility index (Phi) is 4.56. The van der Waals surface area contributed by atoms with Gasteiger partial charge < -0.3 is 9.84 Å². The Bertz CT molecular complexity index is 615. The molecule has 2 aromatic carbocycles. The first-order valence-electron chi connectivity index (χ1n) is 6.37. The van der Waals surface area contributed by atoms with Crippen LogP contribution in [0, 0.1) is 0 Å². The highest BCUT2D eigenvalue weighted by molar-refractivity contribution is 5.85. The van der Waals surface area contributed by atoms with Gasteiger partial charge >= 0.3 is 5.97 Å². The van der Waals surface area contributed by atoms with E-state index in [1.165, 1.54) is 0 Å². The van der Waals surface area contributed by atoms with Gasteiger partial charge in [0.2, 0.25) is 0 Å². The fourth-order valence-corrected chi connectivity index (χ4v) is 1.72. The third kappa shape index (κ3) is 3.99. The number of hydrogen-bond donors (Lipinski definition) is 1. The van der Waals surface area contributed by atoms with Crippen molar-refractivity contribution in [1.29, 1.82) is 0 Å². The van der Waals surface area contributed by atoms with E-state index in [0.717, 1.165) is 17.1 Å². The second kappa shape index (κ2) is 6.57. The van der Waals surface area contributed by atoms with Crippen molar-refractivity contribution in [2.75, 3.05) is 0 Å². The van der Waals surface area contributed by atoms with E-state index in [1.54, 1.807) is 13.0 Å². The number of allylic oxidation sites excluding steroid dienone is 1. The summed E-state index contributed by atoms with van der Waals surface area (Å²) in [6.07, 6.45) is 2.27. The predicted molar refractivity (Wildman–Crippen MR) is 78.1 cm³/mol. The Balaban J connectivity index is 2.08. The standard InChI is InChI=1S/C17H16O3/c1-13(17(18)19)10-11-14-6-5-9-16(12-14)20-15-7-3-2-4-8-15/h2-10,12H,11H2,1H3,(H,18,19)/b13-10+. The van der Waals surface area contributed by atoms with Crippen LogP contribution < -0.4 is 4.74 Å². The zero-order chi connectivity index (χ0) is 14.4. The number of para-hydroxylation sites is 1. The molecule has 20 heavy (non-hydrogen) atoms. The van der Waals surface area contributed by atoms with Gasteiger partial charge in [0.15, 0.2) is 0 Å². The summed E-state index contributed by atoms with van der Waals surface area (Å²) in [5, 5.41) is 8.82. The van der Waals surface area contributed by atoms with Crippen LogP contribution in [0.15, 0.2) is 66.2 Å². The third-order valence-electron chi connectivity index (χ3n) is 2.86. The minimum atomic E-state index is -0.887. The molecule has 0 aliphatic heterocycles. The van der Waals surface area contributed by atoms with E-state index in [4.69, 9.17) is 9.84 Å². The molecule has 3 heteroatoms. The molecular formula is C17H16O3. The molecule has 0 bridgehead atoms. The quantitative estimate of drug-likeness (QED) is 0.832. The Labute approximate surface area is 118 Å². The number of carboxylic acid groups (broad SMARTS) is 1. The molecule has 2 aromatic rings. The minimum absolute atomic E-state index is 0.347. The number of carbonyl (C=O) groups is 1. The summed E-state index contributed by atoms with van der Waals surface area (Å²) in [4.78, 5) is 10.7. The summed E-state index contributed by atoms with van der Waals surface area (Å²) in [5.74, 6) is 0.638. The average molecular weight is 268 g/mol. The zero-order valence-corrected chi connectivity index (χ0v) is 11.2. The smallest absolute Gasteiger partial charge is 0.330 e. The Hall–Kier alpha value is -2.55. The maximum atomic E-state index is 10.7. The molecule has 0 unspecified atom stereocenters. The number of aliphatic carboxylic acids is 1. The maximum Gasteiger partial charge on any atom is 0.330 e. The van der Waals surface area contributed by atoms with Crippen LogP contribution in [-0.4, -0.2) is 11.1 Å². The fourth-order valence-electron chi connectivity index (χ4n) is 1.72. The monoisotopic (exact) mass is 268 g/mol. The third-order valence-corrected chi connectivity index (χ3v) is 2.86. The summed E-state index contributed by atoms with van der Waals surface area (Å²) < 4.78 is 5.74. The van der Waals surface area contributed by atoms with Crippen LogP contribution in [0.1, 0.15) is 12.5 Å². The van der Waals surface area contributed by atoms with Crippen molar-refractivity contribution in [2.45, 2.75) is 13.3 Å². The first-order chi connectivity index (χ1) is 9.65. The van der Waals surface area contributed by atoms with E-state index >= 15 is 0 Å². The predicted octanol–water partition coefficient (Wildman–Crippen LogP) is 4.05. The summed E-state index contributed by atoms with van der Waals surface area (Å²) in [5.41, 5.74) is 1.36. The fraction of sp³-hybridized carbons (Fsp3) is 0.118. The van der Waals surface area contributed by atoms with Crippen molar-refractivity contribution in [3.8, 4) is 11.5 Å². The molecule has 0 saturated heterocycles. The van der Waals surface area contributed by atoms with Crippen LogP contribution in [-0.2, 0) is 11.2 Å². The van der Waals surface area contributed by atoms with Gasteiger partial charge in [0, 0.05) is 5.57 Å². The highest BCUT2D eigenvalue weighted by atomic mass is 16.5. The molecule has 3 nitrogen and oxygen atoms in total. The van der Waals surface area contributed by atoms with Crippen molar-refractivity contribution in [3.05, 3.63) is 71.8 Å². The number of hydrogen-bond acceptors (Lipinski definition) is 2. The molecule has 2 rings (SSSR count). The molecule has 0 aliphatic rings. The van der Waals surface area contributed by atoms with Gasteiger partial charge in [-0.1, -0.05) is 36.4 Å². The molecule has 0 radical (unpaired) electrons. The number of rotatable bonds is 5. The van der Waals surface area contributed by atoms with Gasteiger partial charge in [0.1, 0.15) is 11.5 Å². The molecule has 0 heterocycles. The minimum Gasteiger partial charge on any atom is -0.478 e. The molecule has 102 valence electrons. The topological polar surface area (TPSA) is 46.5 Å². The molecular weight excluding hydrogens is 252 g/mol. The molecule has 0 aromatic heterocycles. The first-order valence-corrected chi connectivity index (χ1v) is 6.37. The molecule has 1 N–H and O–H groups in total. The lowest BCUT2D eigenvalue weighted by Gasteiger charge is -2.06. The Morgan fingerprint density at radius 3 is 2.50 bits per heavy atom. The van der Waals surface area contributed by atoms with Crippen molar-refractivity contribution in [2.24, 2.45) is 0 Å². The molecule has 0 amide bonds. The maximum absolute atomic E-state index is 10.7. The number of benzene rings is 2. The SMILES string of the molecule is C/C(=C\Cc1cccc(Oc2ccccc2)c1)C(=O)O. The van der Waals surface area contributed by atoms with Gasteiger partial charge in [-0.05, 0) is 43.2 Å². The first kappa shape index (κ1) is 13.9. The van der Waals surface area contributed by atoms with Crippen LogP contribution >= 0.6 is 0 Å². The molecule has 0 saturated carbocycles. The normalized spacial score (nSPS) is 11.2. The summed E-state index contributed by atoms with van der Waals surface area (Å²) in [7, 11) is 0. The van der Waals surface area contributed by atoms with E-state index in [0.29, 0.717) is 12.0 Å². The van der Waals surface area contributed by atoms with Crippen molar-refractivity contribution < 1.29 is 14.6 Å². The van der Waals surface area contributed by atoms with E-state index < -0.39 is 5.97 Å². The van der Waals surface area contributed by atoms with E-state index in [1.807, 2.05) is 54.6 Å². The Morgan fingerprint density at radius 2 is 1.80 bits per heavy atom. The van der Waals surface area contributed by atoms with Crippen LogP contribution in [0.4, 0.5) is 0 Å². The van der Waals surface area contributed by atoms with Gasteiger partial charge in [-0.25, -0.2) is 4.79 Å². The molecule has 0 atom stereocenters. The Morgan fingerprint density at radius 1 is 1.10 bits per heavy atom. The largest absolute Gasteiger partial charge is 0.478 e. The van der Waals surface area contributed by atoms with Gasteiger partial charge in [-0.2, -0.15) is 0 Å². The van der Waals surface area contributed by atoms with E-state index in [2.05, 4.69) is 0 Å². The van der Waals surface area contributed by atoms with Crippen LogP contribution in [0.3, 0.4) is 0 Å².